The van der Waals surface area contributed by atoms with Gasteiger partial charge >= 0.3 is 18.2 Å². The quantitative estimate of drug-likeness (QED) is 0.779. The van der Waals surface area contributed by atoms with Gasteiger partial charge in [0.15, 0.2) is 6.04 Å². The van der Waals surface area contributed by atoms with E-state index >= 15 is 0 Å². The molecule has 128 valence electrons. The van der Waals surface area contributed by atoms with Crippen LogP contribution in [-0.4, -0.2) is 39.1 Å². The van der Waals surface area contributed by atoms with Gasteiger partial charge < -0.3 is 15.7 Å². The van der Waals surface area contributed by atoms with Gasteiger partial charge in [-0.3, -0.25) is 9.48 Å². The molecule has 2 rings (SSSR count). The zero-order valence-corrected chi connectivity index (χ0v) is 12.3. The number of carboxylic acids is 1. The number of rotatable bonds is 4. The minimum atomic E-state index is -4.67. The monoisotopic (exact) mass is 334 g/mol. The second-order valence-electron chi connectivity index (χ2n) is 5.58. The maximum atomic E-state index is 13.1. The fraction of sp³-hybridized carbons (Fsp3) is 0.615. The number of amides is 2. The van der Waals surface area contributed by atoms with Gasteiger partial charge in [0.25, 0.3) is 0 Å². The van der Waals surface area contributed by atoms with Crippen LogP contribution >= 0.6 is 0 Å². The number of hydrogen-bond acceptors (Lipinski definition) is 3. The normalized spacial score (nSPS) is 22.6. The van der Waals surface area contributed by atoms with Crippen LogP contribution in [0.2, 0.25) is 0 Å². The molecule has 0 spiro atoms. The number of carbonyl (C=O) groups is 2. The van der Waals surface area contributed by atoms with Gasteiger partial charge in [0.05, 0.1) is 12.1 Å². The molecule has 0 aromatic carbocycles. The molecule has 1 aromatic heterocycles. The zero-order chi connectivity index (χ0) is 17.2. The number of nitrogens with zero attached hydrogens (tertiary/aromatic N) is 2. The Balaban J connectivity index is 1.97. The van der Waals surface area contributed by atoms with Gasteiger partial charge in [0.1, 0.15) is 0 Å². The lowest BCUT2D eigenvalue weighted by Gasteiger charge is -2.22. The molecule has 7 nitrogen and oxygen atoms in total. The number of aliphatic carboxylic acids is 1. The lowest BCUT2D eigenvalue weighted by Crippen LogP contribution is -2.46. The first-order valence-corrected chi connectivity index (χ1v) is 7.02. The summed E-state index contributed by atoms with van der Waals surface area (Å²) >= 11 is 0. The van der Waals surface area contributed by atoms with Crippen molar-refractivity contribution < 1.29 is 27.9 Å². The molecule has 0 saturated heterocycles. The van der Waals surface area contributed by atoms with Crippen LogP contribution in [0.1, 0.15) is 30.9 Å². The molecule has 1 fully saturated rings. The molecule has 10 heteroatoms. The molecular formula is C13H17F3N4O3. The van der Waals surface area contributed by atoms with Crippen molar-refractivity contribution in [1.82, 2.24) is 20.4 Å². The molecule has 1 saturated carbocycles. The molecule has 1 unspecified atom stereocenters. The first kappa shape index (κ1) is 17.1. The van der Waals surface area contributed by atoms with Crippen molar-refractivity contribution in [2.24, 2.45) is 13.0 Å². The van der Waals surface area contributed by atoms with Crippen LogP contribution in [0.4, 0.5) is 18.0 Å². The minimum absolute atomic E-state index is 0.176. The molecule has 1 aliphatic carbocycles. The molecule has 1 heterocycles. The first-order chi connectivity index (χ1) is 10.7. The van der Waals surface area contributed by atoms with Crippen molar-refractivity contribution in [2.45, 2.75) is 37.5 Å². The summed E-state index contributed by atoms with van der Waals surface area (Å²) in [7, 11) is 1.47. The maximum Gasteiger partial charge on any atom is 0.413 e. The predicted octanol–water partition coefficient (Wildman–Crippen LogP) is 1.58. The van der Waals surface area contributed by atoms with Gasteiger partial charge in [0.2, 0.25) is 0 Å². The van der Waals surface area contributed by atoms with E-state index in [0.29, 0.717) is 12.8 Å². The topological polar surface area (TPSA) is 96.2 Å². The molecule has 3 N–H and O–H groups in total. The Hall–Kier alpha value is -2.26. The van der Waals surface area contributed by atoms with Crippen LogP contribution in [0.25, 0.3) is 0 Å². The lowest BCUT2D eigenvalue weighted by molar-refractivity contribution is -0.155. The summed E-state index contributed by atoms with van der Waals surface area (Å²) < 4.78 is 40.5. The van der Waals surface area contributed by atoms with Crippen molar-refractivity contribution in [3.63, 3.8) is 0 Å². The molecular weight excluding hydrogens is 317 g/mol. The van der Waals surface area contributed by atoms with Crippen LogP contribution in [-0.2, 0) is 11.8 Å². The van der Waals surface area contributed by atoms with Crippen molar-refractivity contribution in [3.05, 3.63) is 18.0 Å². The van der Waals surface area contributed by atoms with E-state index in [2.05, 4.69) is 10.4 Å². The number of alkyl halides is 3. The van der Waals surface area contributed by atoms with Crippen LogP contribution in [0.3, 0.4) is 0 Å². The highest BCUT2D eigenvalue weighted by molar-refractivity contribution is 5.75. The summed E-state index contributed by atoms with van der Waals surface area (Å²) in [6, 6.07) is -3.60. The molecule has 23 heavy (non-hydrogen) atoms. The fourth-order valence-electron chi connectivity index (χ4n) is 2.64. The molecule has 1 aromatic rings. The van der Waals surface area contributed by atoms with Gasteiger partial charge in [-0.25, -0.2) is 4.79 Å². The Morgan fingerprint density at radius 3 is 2.61 bits per heavy atom. The molecule has 1 aliphatic rings. The Morgan fingerprint density at radius 1 is 1.43 bits per heavy atom. The maximum absolute atomic E-state index is 13.1. The second kappa shape index (κ2) is 6.47. The van der Waals surface area contributed by atoms with E-state index in [-0.39, 0.29) is 12.0 Å². The lowest BCUT2D eigenvalue weighted by atomic mass is 10.1. The van der Waals surface area contributed by atoms with Crippen LogP contribution in [0, 0.1) is 5.92 Å². The van der Waals surface area contributed by atoms with E-state index in [0.717, 1.165) is 6.20 Å². The van der Waals surface area contributed by atoms with Crippen molar-refractivity contribution in [2.75, 3.05) is 0 Å². The number of halogens is 3. The van der Waals surface area contributed by atoms with Crippen LogP contribution in [0.5, 0.6) is 0 Å². The van der Waals surface area contributed by atoms with Gasteiger partial charge in [-0.15, -0.1) is 0 Å². The van der Waals surface area contributed by atoms with Crippen molar-refractivity contribution >= 4 is 12.0 Å². The summed E-state index contributed by atoms with van der Waals surface area (Å²) in [6.07, 6.45) is -1.42. The first-order valence-electron chi connectivity index (χ1n) is 7.02. The van der Waals surface area contributed by atoms with Crippen molar-refractivity contribution in [3.8, 4) is 0 Å². The number of hydrogen-bond donors (Lipinski definition) is 3. The summed E-state index contributed by atoms with van der Waals surface area (Å²) in [5.74, 6) is -1.53. The average molecular weight is 334 g/mol. The number of urea groups is 1. The Labute approximate surface area is 129 Å². The molecule has 2 amide bonds. The highest BCUT2D eigenvalue weighted by Gasteiger charge is 2.43. The summed E-state index contributed by atoms with van der Waals surface area (Å²) in [4.78, 5) is 22.7. The third-order valence-electron chi connectivity index (χ3n) is 3.78. The number of nitrogens with one attached hydrogen (secondary N) is 2. The van der Waals surface area contributed by atoms with E-state index in [1.165, 1.54) is 17.9 Å². The van der Waals surface area contributed by atoms with Gasteiger partial charge in [-0.1, -0.05) is 0 Å². The Kier molecular flexibility index (Phi) is 4.81. The number of aryl methyl sites for hydroxylation is 1. The molecule has 0 radical (unpaired) electrons. The van der Waals surface area contributed by atoms with E-state index in [1.54, 1.807) is 0 Å². The van der Waals surface area contributed by atoms with E-state index in [4.69, 9.17) is 5.11 Å². The predicted molar refractivity (Wildman–Crippen MR) is 72.4 cm³/mol. The van der Waals surface area contributed by atoms with Gasteiger partial charge in [-0.2, -0.15) is 18.3 Å². The third kappa shape index (κ3) is 4.36. The Morgan fingerprint density at radius 2 is 2.13 bits per heavy atom. The number of carbonyl (C=O) groups excluding carboxylic acids is 1. The molecule has 0 aliphatic heterocycles. The highest BCUT2D eigenvalue weighted by atomic mass is 19.4. The summed E-state index contributed by atoms with van der Waals surface area (Å²) in [6.45, 7) is 0. The largest absolute Gasteiger partial charge is 0.481 e. The van der Waals surface area contributed by atoms with E-state index in [1.807, 2.05) is 5.32 Å². The standard InChI is InChI=1S/C13H17F3N4O3/c1-20-6-8(5-17-20)10(13(14,15)16)19-12(23)18-9-3-2-7(4-9)11(21)22/h5-7,9-10H,2-4H2,1H3,(H,21,22)(H2,18,19,23)/t7-,9+,10?/m0/s1. The number of carboxylic acid groups (broad SMARTS) is 1. The van der Waals surface area contributed by atoms with E-state index < -0.39 is 36.2 Å². The van der Waals surface area contributed by atoms with Gasteiger partial charge in [-0.05, 0) is 19.3 Å². The Bertz CT molecular complexity index is 587. The van der Waals surface area contributed by atoms with Crippen LogP contribution in [0.15, 0.2) is 12.4 Å². The summed E-state index contributed by atoms with van der Waals surface area (Å²) in [5, 5.41) is 16.8. The SMILES string of the molecule is Cn1cc(C(NC(=O)N[C@@H]2CC[C@H](C(=O)O)C2)C(F)(F)F)cn1. The van der Waals surface area contributed by atoms with E-state index in [9.17, 15) is 22.8 Å². The zero-order valence-electron chi connectivity index (χ0n) is 12.3. The summed E-state index contributed by atoms with van der Waals surface area (Å²) in [5.41, 5.74) is -0.176. The third-order valence-corrected chi connectivity index (χ3v) is 3.78. The van der Waals surface area contributed by atoms with Crippen molar-refractivity contribution in [1.29, 1.82) is 0 Å². The average Bonchev–Trinajstić information content (AvgIpc) is 3.04. The molecule has 0 bridgehead atoms. The highest BCUT2D eigenvalue weighted by Crippen LogP contribution is 2.32. The smallest absolute Gasteiger partial charge is 0.413 e. The van der Waals surface area contributed by atoms with Crippen LogP contribution < -0.4 is 10.6 Å². The second-order valence-corrected chi connectivity index (χ2v) is 5.58. The molecule has 3 atom stereocenters. The fourth-order valence-corrected chi connectivity index (χ4v) is 2.64. The van der Waals surface area contributed by atoms with Gasteiger partial charge in [0, 0.05) is 24.8 Å². The minimum Gasteiger partial charge on any atom is -0.481 e. The number of aromatic nitrogens is 2.